The van der Waals surface area contributed by atoms with Crippen LogP contribution >= 0.6 is 0 Å². The van der Waals surface area contributed by atoms with E-state index in [0.29, 0.717) is 0 Å². The van der Waals surface area contributed by atoms with Crippen LogP contribution in [0.25, 0.3) is 0 Å². The molecular weight excluding hydrogens is 284 g/mol. The third-order valence-electron chi connectivity index (χ3n) is 0. The summed E-state index contributed by atoms with van der Waals surface area (Å²) in [5.74, 6) is 0. The topological polar surface area (TPSA) is 127 Å². The van der Waals surface area contributed by atoms with Crippen LogP contribution in [-0.4, -0.2) is 0 Å². The Morgan fingerprint density at radius 1 is 0.667 bits per heavy atom. The van der Waals surface area contributed by atoms with Gasteiger partial charge >= 0.3 is 45.2 Å². The van der Waals surface area contributed by atoms with Crippen molar-refractivity contribution in [2.45, 2.75) is 13.8 Å². The summed E-state index contributed by atoms with van der Waals surface area (Å²) in [6.07, 6.45) is 0. The van der Waals surface area contributed by atoms with Gasteiger partial charge in [0.05, 0.1) is 12.1 Å². The zero-order valence-electron chi connectivity index (χ0n) is 7.94. The largest absolute Gasteiger partial charge is 0 e. The van der Waals surface area contributed by atoms with E-state index >= 15 is 0 Å². The molecule has 0 rings (SSSR count). The predicted molar refractivity (Wildman–Crippen MR) is 38.3 cm³/mol. The molecule has 0 heterocycles. The first-order valence-electron chi connectivity index (χ1n) is 2.26. The van der Waals surface area contributed by atoms with Crippen LogP contribution in [-0.2, 0) is 39.7 Å². The molecule has 0 aromatic heterocycles. The second kappa shape index (κ2) is 4330. The third-order valence-corrected chi connectivity index (χ3v) is 0. The van der Waals surface area contributed by atoms with Gasteiger partial charge in [-0.05, 0) is 0 Å². The Labute approximate surface area is 103 Å². The molecule has 15 heavy (non-hydrogen) atoms. The molecule has 0 bridgehead atoms. The quantitative estimate of drug-likeness (QED) is 0.373. The standard InChI is InChI=1S/2C2H3N.4CO.Mo/c2*1-2-3;4*1-2;/h2*1H3;;;;;. The first kappa shape index (κ1) is 49.5. The first-order valence-corrected chi connectivity index (χ1v) is 2.26. The summed E-state index contributed by atoms with van der Waals surface area (Å²) in [7, 11) is 0. The molecule has 0 aromatic rings. The van der Waals surface area contributed by atoms with Gasteiger partial charge in [-0.25, -0.2) is 0 Å². The number of nitriles is 2. The second-order valence-corrected chi connectivity index (χ2v) is 0.447. The van der Waals surface area contributed by atoms with Crippen LogP contribution in [0.3, 0.4) is 0 Å². The van der Waals surface area contributed by atoms with Gasteiger partial charge in [-0.3, -0.25) is 0 Å². The van der Waals surface area contributed by atoms with Crippen LogP contribution in [0.4, 0.5) is 0 Å². The number of hydrogen-bond acceptors (Lipinski definition) is 2. The monoisotopic (exact) mass is 292 g/mol. The first-order chi connectivity index (χ1) is 6.83. The van der Waals surface area contributed by atoms with Gasteiger partial charge in [-0.1, -0.05) is 0 Å². The number of nitrogens with zero attached hydrogens (tertiary/aromatic N) is 2. The molecule has 0 spiro atoms. The predicted octanol–water partition coefficient (Wildman–Crippen LogP) is 0.907. The molecule has 0 aromatic carbocycles. The molecule has 0 aliphatic rings. The van der Waals surface area contributed by atoms with Crippen molar-refractivity contribution in [1.29, 1.82) is 10.5 Å². The Hall–Kier alpha value is -1.37. The zero-order chi connectivity index (χ0) is 13.4. The van der Waals surface area contributed by atoms with Gasteiger partial charge in [0, 0.05) is 34.9 Å². The summed E-state index contributed by atoms with van der Waals surface area (Å²) in [6.45, 7) is 20.9. The Morgan fingerprint density at radius 2 is 0.667 bits per heavy atom. The van der Waals surface area contributed by atoms with Gasteiger partial charge in [-0.15, -0.1) is 0 Å². The molecule has 0 atom stereocenters. The molecule has 0 unspecified atom stereocenters. The second-order valence-electron chi connectivity index (χ2n) is 0.447. The molecule has 0 aliphatic heterocycles. The Morgan fingerprint density at radius 3 is 0.667 bits per heavy atom. The fourth-order valence-corrected chi connectivity index (χ4v) is 0. The van der Waals surface area contributed by atoms with Crippen molar-refractivity contribution >= 4 is 0 Å². The van der Waals surface area contributed by atoms with Crippen LogP contribution in [0.5, 0.6) is 0 Å². The van der Waals surface area contributed by atoms with E-state index in [1.165, 1.54) is 13.8 Å². The van der Waals surface area contributed by atoms with E-state index in [9.17, 15) is 0 Å². The van der Waals surface area contributed by atoms with Crippen molar-refractivity contribution in [3.05, 3.63) is 26.6 Å². The minimum absolute atomic E-state index is 0. The van der Waals surface area contributed by atoms with Crippen molar-refractivity contribution in [3.8, 4) is 12.1 Å². The van der Waals surface area contributed by atoms with Crippen molar-refractivity contribution in [3.63, 3.8) is 0 Å². The third kappa shape index (κ3) is 758. The summed E-state index contributed by atoms with van der Waals surface area (Å²) in [6, 6.07) is 3.50. The van der Waals surface area contributed by atoms with Crippen LogP contribution in [0.1, 0.15) is 13.8 Å². The fourth-order valence-electron chi connectivity index (χ4n) is 0. The average molecular weight is 290 g/mol. The van der Waals surface area contributed by atoms with Crippen molar-refractivity contribution in [2.75, 3.05) is 0 Å². The van der Waals surface area contributed by atoms with Crippen LogP contribution in [0.15, 0.2) is 0 Å². The molecule has 7 heteroatoms. The minimum atomic E-state index is 0. The molecule has 78 valence electrons. The van der Waals surface area contributed by atoms with Crippen molar-refractivity contribution in [1.82, 2.24) is 0 Å². The van der Waals surface area contributed by atoms with E-state index in [0.717, 1.165) is 0 Å². The summed E-state index contributed by atoms with van der Waals surface area (Å²) in [5.41, 5.74) is 0. The molecule has 0 saturated heterocycles. The smallest absolute Gasteiger partial charge is 0 e. The normalized spacial score (nSPS) is 1.60. The molecule has 0 N–H and O–H groups in total. The Balaban J connectivity index is -0.0000000103. The van der Waals surface area contributed by atoms with E-state index < -0.39 is 0 Å². The maximum absolute atomic E-state index is 7.50. The Kier molecular flexibility index (Phi) is 14300. The molecular formula is C8H6MoN2O4. The molecule has 0 saturated carbocycles. The van der Waals surface area contributed by atoms with Crippen molar-refractivity contribution < 1.29 is 39.7 Å². The minimum Gasteiger partial charge on any atom is 0 e. The van der Waals surface area contributed by atoms with E-state index in [1.807, 2.05) is 0 Å². The number of hydrogen-bond donors (Lipinski definition) is 0. The SMILES string of the molecule is CC#N.CC#N.[C-]#[O+].[C-]#[O+].[C-]#[O+].[C-]#[O+].[Mo]. The van der Waals surface area contributed by atoms with Gasteiger partial charge < -0.3 is 0 Å². The fraction of sp³-hybridized carbons (Fsp3) is 0.250. The maximum Gasteiger partial charge on any atom is 0 e. The van der Waals surface area contributed by atoms with Gasteiger partial charge in [0.2, 0.25) is 0 Å². The molecule has 6 nitrogen and oxygen atoms in total. The van der Waals surface area contributed by atoms with Gasteiger partial charge in [0.25, 0.3) is 0 Å². The van der Waals surface area contributed by atoms with Crippen LogP contribution in [0.2, 0.25) is 0 Å². The van der Waals surface area contributed by atoms with Crippen LogP contribution < -0.4 is 0 Å². The van der Waals surface area contributed by atoms with Crippen molar-refractivity contribution in [2.24, 2.45) is 0 Å². The maximum atomic E-state index is 7.50. The number of rotatable bonds is 0. The van der Waals surface area contributed by atoms with E-state index in [1.54, 1.807) is 12.1 Å². The van der Waals surface area contributed by atoms with Gasteiger partial charge in [0.15, 0.2) is 0 Å². The zero-order valence-corrected chi connectivity index (χ0v) is 9.94. The van der Waals surface area contributed by atoms with E-state index in [2.05, 4.69) is 26.6 Å². The van der Waals surface area contributed by atoms with Gasteiger partial charge in [-0.2, -0.15) is 10.5 Å². The average Bonchev–Trinajstić information content (AvgIpc) is 2.31. The molecule has 0 amide bonds. The van der Waals surface area contributed by atoms with Gasteiger partial charge in [0.1, 0.15) is 0 Å². The molecule has 0 aliphatic carbocycles. The summed E-state index contributed by atoms with van der Waals surface area (Å²) in [5, 5.41) is 14.6. The van der Waals surface area contributed by atoms with Crippen LogP contribution in [0, 0.1) is 49.3 Å². The summed E-state index contributed by atoms with van der Waals surface area (Å²) < 4.78 is 30.0. The van der Waals surface area contributed by atoms with E-state index in [4.69, 9.17) is 29.1 Å². The molecule has 0 radical (unpaired) electrons. The van der Waals surface area contributed by atoms with E-state index in [-0.39, 0.29) is 21.1 Å². The molecule has 0 fully saturated rings. The summed E-state index contributed by atoms with van der Waals surface area (Å²) in [4.78, 5) is 0. The Bertz CT molecular complexity index is 171. The summed E-state index contributed by atoms with van der Waals surface area (Å²) >= 11 is 0.